The zero-order chi connectivity index (χ0) is 8.81. The van der Waals surface area contributed by atoms with E-state index in [0.29, 0.717) is 19.0 Å². The summed E-state index contributed by atoms with van der Waals surface area (Å²) < 4.78 is 5.27. The number of ether oxygens (including phenoxy) is 1. The highest BCUT2D eigenvalue weighted by Gasteiger charge is 1.96. The Morgan fingerprint density at radius 2 is 2.33 bits per heavy atom. The van der Waals surface area contributed by atoms with Gasteiger partial charge in [-0.15, -0.1) is 0 Å². The van der Waals surface area contributed by atoms with E-state index in [1.165, 1.54) is 0 Å². The van der Waals surface area contributed by atoms with E-state index >= 15 is 0 Å². The second-order valence-electron chi connectivity index (χ2n) is 2.40. The third kappa shape index (κ3) is 2.47. The van der Waals surface area contributed by atoms with E-state index in [-0.39, 0.29) is 0 Å². The van der Waals surface area contributed by atoms with Gasteiger partial charge in [-0.3, -0.25) is 4.98 Å². The molecule has 0 amide bonds. The van der Waals surface area contributed by atoms with E-state index < -0.39 is 0 Å². The molecule has 12 heavy (non-hydrogen) atoms. The summed E-state index contributed by atoms with van der Waals surface area (Å²) in [6.07, 6.45) is 4.20. The first-order chi connectivity index (χ1) is 5.86. The Morgan fingerprint density at radius 3 is 3.00 bits per heavy atom. The Morgan fingerprint density at radius 1 is 1.50 bits per heavy atom. The van der Waals surface area contributed by atoms with Crippen LogP contribution in [0, 0.1) is 0 Å². The lowest BCUT2D eigenvalue weighted by molar-refractivity contribution is 0.303. The maximum absolute atomic E-state index is 5.39. The number of hydrogen-bond donors (Lipinski definition) is 1. The first-order valence-electron chi connectivity index (χ1n) is 4.00. The second kappa shape index (κ2) is 4.66. The lowest BCUT2D eigenvalue weighted by atomic mass is 10.4. The lowest BCUT2D eigenvalue weighted by Gasteiger charge is -2.03. The van der Waals surface area contributed by atoms with E-state index in [1.807, 2.05) is 6.92 Å². The molecule has 0 aliphatic rings. The van der Waals surface area contributed by atoms with Gasteiger partial charge in [-0.2, -0.15) is 0 Å². The zero-order valence-corrected chi connectivity index (χ0v) is 7.16. The summed E-state index contributed by atoms with van der Waals surface area (Å²) in [5.74, 6) is 0.555. The van der Waals surface area contributed by atoms with Crippen LogP contribution in [0.1, 0.15) is 19.0 Å². The van der Waals surface area contributed by atoms with E-state index in [9.17, 15) is 0 Å². The molecule has 4 heteroatoms. The van der Waals surface area contributed by atoms with Gasteiger partial charge in [0.05, 0.1) is 18.5 Å². The predicted octanol–water partition coefficient (Wildman–Crippen LogP) is 0.724. The summed E-state index contributed by atoms with van der Waals surface area (Å²) in [6, 6.07) is 0. The minimum atomic E-state index is 0.399. The van der Waals surface area contributed by atoms with Crippen LogP contribution in [-0.2, 0) is 6.54 Å². The van der Waals surface area contributed by atoms with Gasteiger partial charge >= 0.3 is 0 Å². The van der Waals surface area contributed by atoms with Gasteiger partial charge in [0.25, 0.3) is 0 Å². The van der Waals surface area contributed by atoms with Crippen molar-refractivity contribution in [3.8, 4) is 5.88 Å². The van der Waals surface area contributed by atoms with Crippen molar-refractivity contribution < 1.29 is 4.74 Å². The molecule has 0 saturated carbocycles. The molecule has 0 unspecified atom stereocenters. The van der Waals surface area contributed by atoms with Gasteiger partial charge in [0.1, 0.15) is 0 Å². The minimum absolute atomic E-state index is 0.399. The molecular formula is C8H13N3O. The van der Waals surface area contributed by atoms with Crippen LogP contribution in [0.15, 0.2) is 12.4 Å². The van der Waals surface area contributed by atoms with Crippen LogP contribution in [0.5, 0.6) is 5.88 Å². The molecule has 1 aromatic rings. The van der Waals surface area contributed by atoms with Crippen molar-refractivity contribution in [2.45, 2.75) is 19.9 Å². The van der Waals surface area contributed by atoms with Crippen LogP contribution < -0.4 is 10.5 Å². The van der Waals surface area contributed by atoms with Gasteiger partial charge in [-0.25, -0.2) is 4.98 Å². The number of nitrogens with zero attached hydrogens (tertiary/aromatic N) is 2. The molecule has 1 aromatic heterocycles. The predicted molar refractivity (Wildman–Crippen MR) is 45.7 cm³/mol. The van der Waals surface area contributed by atoms with Gasteiger partial charge < -0.3 is 10.5 Å². The summed E-state index contributed by atoms with van der Waals surface area (Å²) in [5.41, 5.74) is 6.14. The molecule has 2 N–H and O–H groups in total. The monoisotopic (exact) mass is 167 g/mol. The number of aromatic nitrogens is 2. The van der Waals surface area contributed by atoms with Gasteiger partial charge in [0, 0.05) is 12.7 Å². The number of hydrogen-bond acceptors (Lipinski definition) is 4. The fourth-order valence-electron chi connectivity index (χ4n) is 0.761. The largest absolute Gasteiger partial charge is 0.477 e. The highest BCUT2D eigenvalue weighted by molar-refractivity contribution is 5.07. The maximum atomic E-state index is 5.39. The normalized spacial score (nSPS) is 9.83. The van der Waals surface area contributed by atoms with Crippen molar-refractivity contribution in [2.75, 3.05) is 6.61 Å². The molecule has 0 bridgehead atoms. The van der Waals surface area contributed by atoms with Crippen molar-refractivity contribution in [2.24, 2.45) is 5.73 Å². The molecule has 0 spiro atoms. The Labute approximate surface area is 71.8 Å². The Balaban J connectivity index is 2.60. The molecule has 0 fully saturated rings. The molecule has 1 heterocycles. The minimum Gasteiger partial charge on any atom is -0.477 e. The maximum Gasteiger partial charge on any atom is 0.232 e. The van der Waals surface area contributed by atoms with Gasteiger partial charge in [-0.1, -0.05) is 6.92 Å². The Hall–Kier alpha value is -1.16. The van der Waals surface area contributed by atoms with Crippen LogP contribution in [0.2, 0.25) is 0 Å². The number of nitrogens with two attached hydrogens (primary N) is 1. The summed E-state index contributed by atoms with van der Waals surface area (Å²) in [5, 5.41) is 0. The zero-order valence-electron chi connectivity index (χ0n) is 7.16. The summed E-state index contributed by atoms with van der Waals surface area (Å²) in [6.45, 7) is 3.11. The SMILES string of the molecule is CCCOc1cncc(CN)n1. The molecular weight excluding hydrogens is 154 g/mol. The fourth-order valence-corrected chi connectivity index (χ4v) is 0.761. The Bertz CT molecular complexity index is 239. The van der Waals surface area contributed by atoms with Crippen LogP contribution in [-0.4, -0.2) is 16.6 Å². The summed E-state index contributed by atoms with van der Waals surface area (Å²) in [4.78, 5) is 8.06. The molecule has 0 aliphatic heterocycles. The highest BCUT2D eigenvalue weighted by atomic mass is 16.5. The van der Waals surface area contributed by atoms with Crippen molar-refractivity contribution >= 4 is 0 Å². The molecule has 0 aliphatic carbocycles. The lowest BCUT2D eigenvalue weighted by Crippen LogP contribution is -2.03. The standard InChI is InChI=1S/C8H13N3O/c1-2-3-12-8-6-10-5-7(4-9)11-8/h5-6H,2-4,9H2,1H3. The second-order valence-corrected chi connectivity index (χ2v) is 2.40. The molecule has 0 atom stereocenters. The van der Waals surface area contributed by atoms with E-state index in [0.717, 1.165) is 12.1 Å². The average Bonchev–Trinajstić information content (AvgIpc) is 2.15. The van der Waals surface area contributed by atoms with Gasteiger partial charge in [0.15, 0.2) is 0 Å². The topological polar surface area (TPSA) is 61.0 Å². The Kier molecular flexibility index (Phi) is 3.47. The molecule has 66 valence electrons. The molecule has 4 nitrogen and oxygen atoms in total. The third-order valence-electron chi connectivity index (χ3n) is 1.33. The third-order valence-corrected chi connectivity index (χ3v) is 1.33. The first kappa shape index (κ1) is 8.93. The van der Waals surface area contributed by atoms with Crippen LogP contribution >= 0.6 is 0 Å². The van der Waals surface area contributed by atoms with E-state index in [2.05, 4.69) is 9.97 Å². The van der Waals surface area contributed by atoms with Crippen LogP contribution in [0.3, 0.4) is 0 Å². The first-order valence-corrected chi connectivity index (χ1v) is 4.00. The van der Waals surface area contributed by atoms with E-state index in [4.69, 9.17) is 10.5 Å². The quantitative estimate of drug-likeness (QED) is 0.718. The van der Waals surface area contributed by atoms with Gasteiger partial charge in [-0.05, 0) is 6.42 Å². The van der Waals surface area contributed by atoms with Crippen molar-refractivity contribution in [3.63, 3.8) is 0 Å². The van der Waals surface area contributed by atoms with Crippen LogP contribution in [0.25, 0.3) is 0 Å². The van der Waals surface area contributed by atoms with Crippen molar-refractivity contribution in [1.29, 1.82) is 0 Å². The number of rotatable bonds is 4. The van der Waals surface area contributed by atoms with E-state index in [1.54, 1.807) is 12.4 Å². The smallest absolute Gasteiger partial charge is 0.232 e. The fraction of sp³-hybridized carbons (Fsp3) is 0.500. The molecule has 0 aromatic carbocycles. The molecule has 0 saturated heterocycles. The molecule has 0 radical (unpaired) electrons. The van der Waals surface area contributed by atoms with Gasteiger partial charge in [0.2, 0.25) is 5.88 Å². The highest BCUT2D eigenvalue weighted by Crippen LogP contribution is 2.04. The summed E-state index contributed by atoms with van der Waals surface area (Å²) >= 11 is 0. The van der Waals surface area contributed by atoms with Crippen molar-refractivity contribution in [3.05, 3.63) is 18.1 Å². The van der Waals surface area contributed by atoms with Crippen molar-refractivity contribution in [1.82, 2.24) is 9.97 Å². The van der Waals surface area contributed by atoms with Crippen LogP contribution in [0.4, 0.5) is 0 Å². The summed E-state index contributed by atoms with van der Waals surface area (Å²) in [7, 11) is 0. The average molecular weight is 167 g/mol. The molecule has 1 rings (SSSR count).